The molecule has 1 N–H and O–H groups in total. The molecule has 3 aromatic carbocycles. The van der Waals surface area contributed by atoms with Crippen molar-refractivity contribution in [3.8, 4) is 17.6 Å². The summed E-state index contributed by atoms with van der Waals surface area (Å²) in [4.78, 5) is 0. The Bertz CT molecular complexity index is 1130. The van der Waals surface area contributed by atoms with Crippen molar-refractivity contribution < 1.29 is 4.74 Å². The van der Waals surface area contributed by atoms with E-state index < -0.39 is 0 Å². The number of hydrogen-bond donors (Lipinski definition) is 1. The van der Waals surface area contributed by atoms with Crippen LogP contribution < -0.4 is 10.1 Å². The van der Waals surface area contributed by atoms with Crippen molar-refractivity contribution in [1.29, 1.82) is 5.26 Å². The molecule has 1 aromatic heterocycles. The molecule has 0 saturated heterocycles. The van der Waals surface area contributed by atoms with Gasteiger partial charge in [0.2, 0.25) is 0 Å². The highest BCUT2D eigenvalue weighted by atomic mass is 16.5. The predicted molar refractivity (Wildman–Crippen MR) is 105 cm³/mol. The molecule has 27 heavy (non-hydrogen) atoms. The van der Waals surface area contributed by atoms with E-state index in [4.69, 9.17) is 4.74 Å². The zero-order valence-electron chi connectivity index (χ0n) is 14.7. The minimum absolute atomic E-state index is 0.262. The van der Waals surface area contributed by atoms with Gasteiger partial charge in [-0.1, -0.05) is 29.8 Å². The average Bonchev–Trinajstić information content (AvgIpc) is 2.70. The van der Waals surface area contributed by atoms with Gasteiger partial charge in [-0.2, -0.15) is 5.26 Å². The van der Waals surface area contributed by atoms with E-state index in [1.54, 1.807) is 0 Å². The van der Waals surface area contributed by atoms with Crippen molar-refractivity contribution in [2.24, 2.45) is 0 Å². The van der Waals surface area contributed by atoms with E-state index >= 15 is 0 Å². The van der Waals surface area contributed by atoms with E-state index in [-0.39, 0.29) is 5.69 Å². The van der Waals surface area contributed by atoms with Crippen molar-refractivity contribution in [3.63, 3.8) is 0 Å². The second-order valence-electron chi connectivity index (χ2n) is 6.12. The zero-order valence-corrected chi connectivity index (χ0v) is 14.7. The molecule has 0 spiro atoms. The fourth-order valence-corrected chi connectivity index (χ4v) is 2.80. The monoisotopic (exact) mass is 352 g/mol. The highest BCUT2D eigenvalue weighted by molar-refractivity contribution is 5.95. The number of nitrogens with zero attached hydrogens (tertiary/aromatic N) is 3. The quantitative estimate of drug-likeness (QED) is 0.536. The molecular formula is C22H16N4O. The lowest BCUT2D eigenvalue weighted by Crippen LogP contribution is -2.00. The molecule has 0 aliphatic carbocycles. The SMILES string of the molecule is Cc1ccc2nnc(C#N)c(Nc3ccc(Oc4ccccc4)cc3)c2c1. The largest absolute Gasteiger partial charge is 0.457 e. The van der Waals surface area contributed by atoms with E-state index in [2.05, 4.69) is 21.6 Å². The standard InChI is InChI=1S/C22H16N4O/c1-15-7-12-20-19(13-15)22(21(14-23)26-25-20)24-16-8-10-18(11-9-16)27-17-5-3-2-4-6-17/h2-13H,1H3,(H,24,25). The lowest BCUT2D eigenvalue weighted by Gasteiger charge is -2.12. The summed E-state index contributed by atoms with van der Waals surface area (Å²) in [7, 11) is 0. The van der Waals surface area contributed by atoms with Gasteiger partial charge >= 0.3 is 0 Å². The fraction of sp³-hybridized carbons (Fsp3) is 0.0455. The third-order valence-electron chi connectivity index (χ3n) is 4.12. The van der Waals surface area contributed by atoms with Gasteiger partial charge in [0.1, 0.15) is 17.6 Å². The van der Waals surface area contributed by atoms with Crippen LogP contribution in [0.2, 0.25) is 0 Å². The summed E-state index contributed by atoms with van der Waals surface area (Å²) in [6.45, 7) is 2.01. The maximum Gasteiger partial charge on any atom is 0.187 e. The van der Waals surface area contributed by atoms with Gasteiger partial charge in [0, 0.05) is 11.1 Å². The highest BCUT2D eigenvalue weighted by Crippen LogP contribution is 2.29. The molecule has 0 aliphatic heterocycles. The Hall–Kier alpha value is -3.91. The number of aromatic nitrogens is 2. The van der Waals surface area contributed by atoms with Crippen LogP contribution in [-0.4, -0.2) is 10.2 Å². The Kier molecular flexibility index (Phi) is 4.38. The van der Waals surface area contributed by atoms with E-state index in [0.29, 0.717) is 5.69 Å². The third-order valence-corrected chi connectivity index (χ3v) is 4.12. The lowest BCUT2D eigenvalue weighted by atomic mass is 10.1. The Morgan fingerprint density at radius 1 is 0.889 bits per heavy atom. The molecule has 0 aliphatic rings. The van der Waals surface area contributed by atoms with Gasteiger partial charge in [0.25, 0.3) is 0 Å². The Morgan fingerprint density at radius 3 is 2.37 bits per heavy atom. The van der Waals surface area contributed by atoms with Crippen molar-refractivity contribution >= 4 is 22.3 Å². The summed E-state index contributed by atoms with van der Waals surface area (Å²) < 4.78 is 5.81. The van der Waals surface area contributed by atoms with Crippen LogP contribution in [0.4, 0.5) is 11.4 Å². The van der Waals surface area contributed by atoms with Gasteiger partial charge in [0.05, 0.1) is 11.2 Å². The number of fused-ring (bicyclic) bond motifs is 1. The maximum absolute atomic E-state index is 9.42. The normalized spacial score (nSPS) is 10.4. The van der Waals surface area contributed by atoms with Crippen LogP contribution in [0, 0.1) is 18.3 Å². The highest BCUT2D eigenvalue weighted by Gasteiger charge is 2.11. The molecule has 130 valence electrons. The zero-order chi connectivity index (χ0) is 18.6. The summed E-state index contributed by atoms with van der Waals surface area (Å²) in [6, 6.07) is 25.2. The third kappa shape index (κ3) is 3.55. The molecule has 5 nitrogen and oxygen atoms in total. The second-order valence-corrected chi connectivity index (χ2v) is 6.12. The molecule has 0 unspecified atom stereocenters. The number of ether oxygens (including phenoxy) is 1. The Morgan fingerprint density at radius 2 is 1.63 bits per heavy atom. The predicted octanol–water partition coefficient (Wildman–Crippen LogP) is 5.35. The summed E-state index contributed by atoms with van der Waals surface area (Å²) in [5, 5.41) is 21.7. The number of para-hydroxylation sites is 1. The molecule has 4 rings (SSSR count). The van der Waals surface area contributed by atoms with Gasteiger partial charge in [-0.05, 0) is 55.5 Å². The molecular weight excluding hydrogens is 336 g/mol. The van der Waals surface area contributed by atoms with Crippen LogP contribution >= 0.6 is 0 Å². The van der Waals surface area contributed by atoms with Gasteiger partial charge in [-0.15, -0.1) is 10.2 Å². The first-order valence-corrected chi connectivity index (χ1v) is 8.50. The first-order chi connectivity index (χ1) is 13.2. The summed E-state index contributed by atoms with van der Waals surface area (Å²) in [5.74, 6) is 1.52. The molecule has 5 heteroatoms. The first-order valence-electron chi connectivity index (χ1n) is 8.50. The molecule has 0 fully saturated rings. The number of nitriles is 1. The number of rotatable bonds is 4. The topological polar surface area (TPSA) is 70.8 Å². The lowest BCUT2D eigenvalue weighted by molar-refractivity contribution is 0.483. The van der Waals surface area contributed by atoms with Crippen molar-refractivity contribution in [2.75, 3.05) is 5.32 Å². The number of hydrogen-bond acceptors (Lipinski definition) is 5. The fourth-order valence-electron chi connectivity index (χ4n) is 2.80. The van der Waals surface area contributed by atoms with Crippen molar-refractivity contribution in [3.05, 3.63) is 84.1 Å². The van der Waals surface area contributed by atoms with Gasteiger partial charge < -0.3 is 10.1 Å². The number of benzene rings is 3. The van der Waals surface area contributed by atoms with Crippen LogP contribution in [-0.2, 0) is 0 Å². The van der Waals surface area contributed by atoms with Crippen LogP contribution in [0.3, 0.4) is 0 Å². The first kappa shape index (κ1) is 16.6. The van der Waals surface area contributed by atoms with Crippen molar-refractivity contribution in [2.45, 2.75) is 6.92 Å². The molecule has 0 bridgehead atoms. The summed E-state index contributed by atoms with van der Waals surface area (Å²) in [5.41, 5.74) is 3.59. The smallest absolute Gasteiger partial charge is 0.187 e. The minimum Gasteiger partial charge on any atom is -0.457 e. The summed E-state index contributed by atoms with van der Waals surface area (Å²) in [6.07, 6.45) is 0. The number of nitrogens with one attached hydrogen (secondary N) is 1. The van der Waals surface area contributed by atoms with Gasteiger partial charge in [-0.25, -0.2) is 0 Å². The van der Waals surface area contributed by atoms with E-state index in [1.807, 2.05) is 79.7 Å². The minimum atomic E-state index is 0.262. The molecule has 4 aromatic rings. The second kappa shape index (κ2) is 7.14. The van der Waals surface area contributed by atoms with Crippen LogP contribution in [0.5, 0.6) is 11.5 Å². The number of anilines is 2. The van der Waals surface area contributed by atoms with Crippen molar-refractivity contribution in [1.82, 2.24) is 10.2 Å². The van der Waals surface area contributed by atoms with Crippen LogP contribution in [0.15, 0.2) is 72.8 Å². The summed E-state index contributed by atoms with van der Waals surface area (Å²) >= 11 is 0. The maximum atomic E-state index is 9.42. The average molecular weight is 352 g/mol. The molecule has 0 saturated carbocycles. The van der Waals surface area contributed by atoms with Crippen LogP contribution in [0.25, 0.3) is 10.9 Å². The molecule has 1 heterocycles. The van der Waals surface area contributed by atoms with Gasteiger partial charge in [0.15, 0.2) is 5.69 Å². The Balaban J connectivity index is 1.64. The number of aryl methyl sites for hydroxylation is 1. The van der Waals surface area contributed by atoms with Crippen LogP contribution in [0.1, 0.15) is 11.3 Å². The van der Waals surface area contributed by atoms with E-state index in [1.165, 1.54) is 0 Å². The Labute approximate surface area is 156 Å². The van der Waals surface area contributed by atoms with E-state index in [0.717, 1.165) is 33.7 Å². The van der Waals surface area contributed by atoms with Gasteiger partial charge in [-0.3, -0.25) is 0 Å². The molecule has 0 atom stereocenters. The molecule has 0 radical (unpaired) electrons. The van der Waals surface area contributed by atoms with E-state index in [9.17, 15) is 5.26 Å². The molecule has 0 amide bonds.